The molecule has 2 saturated heterocycles. The summed E-state index contributed by atoms with van der Waals surface area (Å²) in [6.07, 6.45) is 2.28. The molecular weight excluding hydrogens is 366 g/mol. The number of fused-ring (bicyclic) bond motifs is 1. The molecule has 0 bridgehead atoms. The fourth-order valence-electron chi connectivity index (χ4n) is 4.94. The lowest BCUT2D eigenvalue weighted by molar-refractivity contribution is -0.163. The Kier molecular flexibility index (Phi) is 6.20. The second-order valence-corrected chi connectivity index (χ2v) is 9.35. The van der Waals surface area contributed by atoms with E-state index in [4.69, 9.17) is 5.73 Å². The normalized spacial score (nSPS) is 35.2. The molecule has 0 aliphatic carbocycles. The van der Waals surface area contributed by atoms with Gasteiger partial charge in [0.2, 0.25) is 5.91 Å². The van der Waals surface area contributed by atoms with E-state index in [0.717, 1.165) is 30.7 Å². The van der Waals surface area contributed by atoms with Crippen molar-refractivity contribution in [2.45, 2.75) is 63.5 Å². The summed E-state index contributed by atoms with van der Waals surface area (Å²) in [5.74, 6) is -1.36. The Bertz CT molecular complexity index is 638. The number of thioether (sulfide) groups is 1. The van der Waals surface area contributed by atoms with Gasteiger partial charge in [-0.2, -0.15) is 0 Å². The quantitative estimate of drug-likeness (QED) is 0.451. The van der Waals surface area contributed by atoms with Crippen molar-refractivity contribution in [3.63, 3.8) is 0 Å². The van der Waals surface area contributed by atoms with Gasteiger partial charge in [-0.15, -0.1) is 11.8 Å². The molecule has 0 spiro atoms. The van der Waals surface area contributed by atoms with Crippen molar-refractivity contribution in [2.24, 2.45) is 23.5 Å². The molecule has 0 aromatic rings. The molecule has 152 valence electrons. The number of nitrogens with zero attached hydrogens (tertiary/aromatic N) is 1. The minimum Gasteiger partial charge on any atom is -0.477 e. The van der Waals surface area contributed by atoms with Crippen LogP contribution >= 0.6 is 11.8 Å². The first-order valence-electron chi connectivity index (χ1n) is 9.90. The van der Waals surface area contributed by atoms with Crippen molar-refractivity contribution >= 4 is 23.6 Å². The van der Waals surface area contributed by atoms with Gasteiger partial charge in [-0.1, -0.05) is 20.3 Å². The smallest absolute Gasteiger partial charge is 0.353 e. The highest BCUT2D eigenvalue weighted by Crippen LogP contribution is 2.52. The zero-order valence-electron chi connectivity index (χ0n) is 16.2. The van der Waals surface area contributed by atoms with Gasteiger partial charge in [-0.3, -0.25) is 4.79 Å². The number of amides is 1. The van der Waals surface area contributed by atoms with Gasteiger partial charge < -0.3 is 26.2 Å². The fourth-order valence-corrected chi connectivity index (χ4v) is 6.44. The molecular formula is C19H31N3O4S. The van der Waals surface area contributed by atoms with Crippen LogP contribution in [0.4, 0.5) is 0 Å². The molecule has 1 amide bonds. The van der Waals surface area contributed by atoms with Crippen molar-refractivity contribution in [3.05, 3.63) is 10.6 Å². The number of carbonyl (C=O) groups is 2. The first-order valence-corrected chi connectivity index (χ1v) is 10.8. The van der Waals surface area contributed by atoms with Gasteiger partial charge in [-0.25, -0.2) is 4.79 Å². The molecule has 2 fully saturated rings. The highest BCUT2D eigenvalue weighted by molar-refractivity contribution is 8.03. The average molecular weight is 398 g/mol. The Hall–Kier alpha value is -1.09. The predicted molar refractivity (Wildman–Crippen MR) is 105 cm³/mol. The maximum atomic E-state index is 12.4. The van der Waals surface area contributed by atoms with Gasteiger partial charge in [0.05, 0.1) is 18.1 Å². The number of hydrogen-bond donors (Lipinski definition) is 4. The number of aliphatic carboxylic acids is 1. The van der Waals surface area contributed by atoms with Crippen LogP contribution in [0, 0.1) is 17.8 Å². The maximum absolute atomic E-state index is 12.4. The van der Waals surface area contributed by atoms with Crippen LogP contribution in [0.3, 0.4) is 0 Å². The monoisotopic (exact) mass is 397 g/mol. The van der Waals surface area contributed by atoms with Crippen LogP contribution in [-0.2, 0) is 9.59 Å². The Morgan fingerprint density at radius 1 is 1.48 bits per heavy atom. The number of carbonyl (C=O) groups excluding carboxylic acids is 1. The fraction of sp³-hybridized carbons (Fsp3) is 0.789. The standard InChI is InChI=1S/C19H31N3O4S/c1-4-11(5-6-20)13-7-12(8-21-13)27-17-9(2)15-14(10(3)23)18(24)22(15)16(17)19(25)26/h9-15,21,23H,4-8,20H2,1-3H3,(H,25,26)/t9-,10-,11?,12+,13+,14-,15?/m1/s1. The zero-order valence-corrected chi connectivity index (χ0v) is 17.0. The molecule has 0 radical (unpaired) electrons. The molecule has 5 N–H and O–H groups in total. The van der Waals surface area contributed by atoms with E-state index in [0.29, 0.717) is 18.5 Å². The first kappa shape index (κ1) is 20.6. The van der Waals surface area contributed by atoms with Gasteiger partial charge in [0.15, 0.2) is 0 Å². The lowest BCUT2D eigenvalue weighted by atomic mass is 9.79. The third kappa shape index (κ3) is 3.52. The minimum atomic E-state index is -1.05. The second-order valence-electron chi connectivity index (χ2n) is 8.01. The van der Waals surface area contributed by atoms with Crippen molar-refractivity contribution in [1.29, 1.82) is 0 Å². The number of aliphatic hydroxyl groups excluding tert-OH is 1. The van der Waals surface area contributed by atoms with E-state index < -0.39 is 18.0 Å². The maximum Gasteiger partial charge on any atom is 0.353 e. The Balaban J connectivity index is 1.74. The third-order valence-electron chi connectivity index (χ3n) is 6.36. The van der Waals surface area contributed by atoms with E-state index in [9.17, 15) is 19.8 Å². The molecule has 0 saturated carbocycles. The van der Waals surface area contributed by atoms with Crippen molar-refractivity contribution in [2.75, 3.05) is 13.1 Å². The molecule has 27 heavy (non-hydrogen) atoms. The van der Waals surface area contributed by atoms with Gasteiger partial charge in [0.25, 0.3) is 0 Å². The number of hydrogen-bond acceptors (Lipinski definition) is 6. The van der Waals surface area contributed by atoms with Crippen molar-refractivity contribution < 1.29 is 19.8 Å². The average Bonchev–Trinajstić information content (AvgIpc) is 3.15. The van der Waals surface area contributed by atoms with Crippen LogP contribution in [0.5, 0.6) is 0 Å². The Morgan fingerprint density at radius 2 is 2.19 bits per heavy atom. The topological polar surface area (TPSA) is 116 Å². The summed E-state index contributed by atoms with van der Waals surface area (Å²) in [5.41, 5.74) is 5.86. The number of nitrogens with one attached hydrogen (secondary N) is 1. The van der Waals surface area contributed by atoms with Crippen LogP contribution in [0.1, 0.15) is 40.0 Å². The van der Waals surface area contributed by atoms with Crippen LogP contribution in [-0.4, -0.2) is 63.5 Å². The van der Waals surface area contributed by atoms with E-state index >= 15 is 0 Å². The molecule has 7 nitrogen and oxygen atoms in total. The summed E-state index contributed by atoms with van der Waals surface area (Å²) in [7, 11) is 0. The summed E-state index contributed by atoms with van der Waals surface area (Å²) in [4.78, 5) is 26.5. The Labute approximate surface area is 164 Å². The summed E-state index contributed by atoms with van der Waals surface area (Å²) in [5, 5.41) is 23.5. The molecule has 8 heteroatoms. The Morgan fingerprint density at radius 3 is 2.74 bits per heavy atom. The molecule has 2 unspecified atom stereocenters. The van der Waals surface area contributed by atoms with Crippen molar-refractivity contribution in [1.82, 2.24) is 10.2 Å². The molecule has 3 heterocycles. The molecule has 0 aromatic heterocycles. The minimum absolute atomic E-state index is 0.0662. The molecule has 3 rings (SSSR count). The highest BCUT2D eigenvalue weighted by atomic mass is 32.2. The van der Waals surface area contributed by atoms with Gasteiger partial charge >= 0.3 is 5.97 Å². The number of rotatable bonds is 8. The molecule has 3 aliphatic heterocycles. The van der Waals surface area contributed by atoms with Gasteiger partial charge in [0, 0.05) is 28.7 Å². The van der Waals surface area contributed by atoms with E-state index in [1.165, 1.54) is 4.90 Å². The van der Waals surface area contributed by atoms with E-state index in [-0.39, 0.29) is 28.8 Å². The largest absolute Gasteiger partial charge is 0.477 e. The third-order valence-corrected chi connectivity index (χ3v) is 7.87. The van der Waals surface area contributed by atoms with Crippen LogP contribution in [0.2, 0.25) is 0 Å². The van der Waals surface area contributed by atoms with Crippen LogP contribution < -0.4 is 11.1 Å². The highest BCUT2D eigenvalue weighted by Gasteiger charge is 2.60. The number of β-lactam (4-membered cyclic amide) rings is 1. The van der Waals surface area contributed by atoms with E-state index in [2.05, 4.69) is 12.2 Å². The van der Waals surface area contributed by atoms with Gasteiger partial charge in [-0.05, 0) is 32.2 Å². The molecule has 7 atom stereocenters. The summed E-state index contributed by atoms with van der Waals surface area (Å²) >= 11 is 1.60. The predicted octanol–water partition coefficient (Wildman–Crippen LogP) is 0.979. The van der Waals surface area contributed by atoms with E-state index in [1.807, 2.05) is 6.92 Å². The summed E-state index contributed by atoms with van der Waals surface area (Å²) in [6.45, 7) is 7.27. The zero-order chi connectivity index (χ0) is 19.9. The molecule has 0 aromatic carbocycles. The SMILES string of the molecule is CCC(CCN)[C@@H]1C[C@H](SC2=C(C(=O)O)N3C(=O)[C@H]([C@@H](C)O)C3[C@H]2C)CN1. The first-order chi connectivity index (χ1) is 12.8. The van der Waals surface area contributed by atoms with E-state index in [1.54, 1.807) is 18.7 Å². The number of carboxylic acids is 1. The number of nitrogens with two attached hydrogens (primary N) is 1. The summed E-state index contributed by atoms with van der Waals surface area (Å²) < 4.78 is 0. The van der Waals surface area contributed by atoms with Gasteiger partial charge in [0.1, 0.15) is 5.70 Å². The second kappa shape index (κ2) is 8.11. The lowest BCUT2D eigenvalue weighted by Gasteiger charge is -2.46. The van der Waals surface area contributed by atoms with Crippen molar-refractivity contribution in [3.8, 4) is 0 Å². The van der Waals surface area contributed by atoms with Crippen LogP contribution in [0.25, 0.3) is 0 Å². The molecule has 3 aliphatic rings. The lowest BCUT2D eigenvalue weighted by Crippen LogP contribution is -2.63. The van der Waals surface area contributed by atoms with Crippen LogP contribution in [0.15, 0.2) is 10.6 Å². The number of aliphatic hydroxyl groups is 1. The summed E-state index contributed by atoms with van der Waals surface area (Å²) in [6, 6.07) is 0.169. The number of carboxylic acid groups (broad SMARTS) is 1.